The number of hydrogen-bond acceptors (Lipinski definition) is 3. The first kappa shape index (κ1) is 21.6. The van der Waals surface area contributed by atoms with E-state index in [-0.39, 0.29) is 12.1 Å². The molecule has 4 heterocycles. The second-order valence-corrected chi connectivity index (χ2v) is 9.07. The normalized spacial score (nSPS) is 17.9. The molecule has 2 atom stereocenters. The third-order valence-corrected chi connectivity index (χ3v) is 6.78. The molecule has 1 aliphatic heterocycles. The predicted molar refractivity (Wildman–Crippen MR) is 135 cm³/mol. The summed E-state index contributed by atoms with van der Waals surface area (Å²) in [6, 6.07) is 20.2. The predicted octanol–water partition coefficient (Wildman–Crippen LogP) is 5.71. The molecule has 7 heteroatoms. The Balaban J connectivity index is 1.61. The summed E-state index contributed by atoms with van der Waals surface area (Å²) in [5.74, 6) is 0. The fourth-order valence-electron chi connectivity index (χ4n) is 4.67. The topological polar surface area (TPSA) is 46.0 Å². The van der Waals surface area contributed by atoms with Gasteiger partial charge in [0, 0.05) is 47.2 Å². The standard InChI is InChI=1S/C26H24ClN5S/c1-17-15-22(18(2)32(17)21-8-6-20(27)7-9-21)25-24(23-5-3-4-12-29-23)30-26(33)31(25)16-19-10-13-28-14-11-19/h3-15,24-25H,16H2,1-2H3,(H,30,33)/t24-,25+/m1/s1. The zero-order valence-electron chi connectivity index (χ0n) is 18.4. The molecule has 0 saturated carbocycles. The van der Waals surface area contributed by atoms with Gasteiger partial charge in [0.25, 0.3) is 0 Å². The highest BCUT2D eigenvalue weighted by molar-refractivity contribution is 7.80. The summed E-state index contributed by atoms with van der Waals surface area (Å²) >= 11 is 12.0. The summed E-state index contributed by atoms with van der Waals surface area (Å²) in [6.07, 6.45) is 5.47. The minimum absolute atomic E-state index is 0.00665. The number of hydrogen-bond donors (Lipinski definition) is 1. The lowest BCUT2D eigenvalue weighted by Crippen LogP contribution is -2.29. The van der Waals surface area contributed by atoms with Gasteiger partial charge in [0.2, 0.25) is 0 Å². The van der Waals surface area contributed by atoms with Gasteiger partial charge in [0.15, 0.2) is 5.11 Å². The average Bonchev–Trinajstić information content (AvgIpc) is 3.31. The van der Waals surface area contributed by atoms with Crippen molar-refractivity contribution in [3.05, 3.63) is 112 Å². The van der Waals surface area contributed by atoms with Crippen molar-refractivity contribution < 1.29 is 0 Å². The Kier molecular flexibility index (Phi) is 5.87. The van der Waals surface area contributed by atoms with E-state index in [9.17, 15) is 0 Å². The van der Waals surface area contributed by atoms with Crippen molar-refractivity contribution in [2.45, 2.75) is 32.5 Å². The summed E-state index contributed by atoms with van der Waals surface area (Å²) in [4.78, 5) is 11.1. The fourth-order valence-corrected chi connectivity index (χ4v) is 5.10. The molecule has 0 amide bonds. The van der Waals surface area contributed by atoms with Crippen LogP contribution in [0.25, 0.3) is 5.69 Å². The number of benzene rings is 1. The Morgan fingerprint density at radius 1 is 1.00 bits per heavy atom. The van der Waals surface area contributed by atoms with E-state index in [1.807, 2.05) is 55.0 Å². The first-order valence-corrected chi connectivity index (χ1v) is 11.6. The second kappa shape index (κ2) is 8.96. The van der Waals surface area contributed by atoms with Crippen LogP contribution in [0.15, 0.2) is 79.3 Å². The Morgan fingerprint density at radius 3 is 2.45 bits per heavy atom. The molecule has 5 rings (SSSR count). The summed E-state index contributed by atoms with van der Waals surface area (Å²) in [5.41, 5.74) is 6.77. The number of nitrogens with zero attached hydrogens (tertiary/aromatic N) is 4. The molecule has 1 N–H and O–H groups in total. The van der Waals surface area contributed by atoms with Gasteiger partial charge in [-0.3, -0.25) is 9.97 Å². The zero-order valence-corrected chi connectivity index (χ0v) is 20.0. The lowest BCUT2D eigenvalue weighted by atomic mass is 9.96. The van der Waals surface area contributed by atoms with E-state index in [1.165, 1.54) is 11.3 Å². The third kappa shape index (κ3) is 4.12. The highest BCUT2D eigenvalue weighted by atomic mass is 35.5. The van der Waals surface area contributed by atoms with E-state index >= 15 is 0 Å². The summed E-state index contributed by atoms with van der Waals surface area (Å²) in [7, 11) is 0. The molecule has 0 bridgehead atoms. The highest BCUT2D eigenvalue weighted by Crippen LogP contribution is 2.42. The SMILES string of the molecule is Cc1cc([C@H]2[C@@H](c3ccccn3)NC(=S)N2Cc2ccncc2)c(C)n1-c1ccc(Cl)cc1. The van der Waals surface area contributed by atoms with Crippen molar-refractivity contribution in [1.82, 2.24) is 24.8 Å². The fraction of sp³-hybridized carbons (Fsp3) is 0.192. The van der Waals surface area contributed by atoms with Gasteiger partial charge in [0.1, 0.15) is 0 Å². The minimum atomic E-state index is -0.0558. The first-order chi connectivity index (χ1) is 16.0. The number of aryl methyl sites for hydroxylation is 1. The van der Waals surface area contributed by atoms with Gasteiger partial charge in [-0.05, 0) is 91.8 Å². The summed E-state index contributed by atoms with van der Waals surface area (Å²) in [5, 5.41) is 5.00. The van der Waals surface area contributed by atoms with Gasteiger partial charge in [-0.25, -0.2) is 0 Å². The molecule has 0 radical (unpaired) electrons. The molecule has 1 saturated heterocycles. The number of rotatable bonds is 5. The van der Waals surface area contributed by atoms with Crippen LogP contribution in [0.1, 0.15) is 40.3 Å². The molecule has 1 fully saturated rings. The number of halogens is 1. The van der Waals surface area contributed by atoms with E-state index in [0.717, 1.165) is 32.8 Å². The van der Waals surface area contributed by atoms with Crippen molar-refractivity contribution in [2.24, 2.45) is 0 Å². The van der Waals surface area contributed by atoms with Crippen LogP contribution < -0.4 is 5.32 Å². The van der Waals surface area contributed by atoms with Crippen LogP contribution in [0, 0.1) is 13.8 Å². The largest absolute Gasteiger partial charge is 0.352 e. The van der Waals surface area contributed by atoms with Crippen LogP contribution in [0.4, 0.5) is 0 Å². The van der Waals surface area contributed by atoms with Crippen LogP contribution in [0.2, 0.25) is 5.02 Å². The first-order valence-electron chi connectivity index (χ1n) is 10.8. The third-order valence-electron chi connectivity index (χ3n) is 6.17. The van der Waals surface area contributed by atoms with Crippen molar-refractivity contribution in [1.29, 1.82) is 0 Å². The van der Waals surface area contributed by atoms with Gasteiger partial charge in [-0.15, -0.1) is 0 Å². The lowest BCUT2D eigenvalue weighted by Gasteiger charge is -2.28. The van der Waals surface area contributed by atoms with Crippen molar-refractivity contribution in [3.8, 4) is 5.69 Å². The molecule has 3 aromatic heterocycles. The van der Waals surface area contributed by atoms with E-state index in [2.05, 4.69) is 62.9 Å². The molecule has 5 nitrogen and oxygen atoms in total. The van der Waals surface area contributed by atoms with Crippen LogP contribution in [-0.2, 0) is 6.54 Å². The number of thiocarbonyl (C=S) groups is 1. The summed E-state index contributed by atoms with van der Waals surface area (Å²) < 4.78 is 2.27. The molecule has 166 valence electrons. The lowest BCUT2D eigenvalue weighted by molar-refractivity contribution is 0.310. The van der Waals surface area contributed by atoms with Gasteiger partial charge >= 0.3 is 0 Å². The molecule has 0 unspecified atom stereocenters. The monoisotopic (exact) mass is 473 g/mol. The quantitative estimate of drug-likeness (QED) is 0.376. The van der Waals surface area contributed by atoms with Crippen molar-refractivity contribution >= 4 is 28.9 Å². The van der Waals surface area contributed by atoms with Crippen LogP contribution >= 0.6 is 23.8 Å². The van der Waals surface area contributed by atoms with E-state index < -0.39 is 0 Å². The second-order valence-electron chi connectivity index (χ2n) is 8.25. The zero-order chi connectivity index (χ0) is 22.9. The summed E-state index contributed by atoms with van der Waals surface area (Å²) in [6.45, 7) is 4.99. The Bertz CT molecular complexity index is 1270. The van der Waals surface area contributed by atoms with E-state index in [1.54, 1.807) is 0 Å². The smallest absolute Gasteiger partial charge is 0.170 e. The van der Waals surface area contributed by atoms with Crippen LogP contribution in [0.5, 0.6) is 0 Å². The average molecular weight is 474 g/mol. The molecular weight excluding hydrogens is 450 g/mol. The van der Waals surface area contributed by atoms with Crippen molar-refractivity contribution in [2.75, 3.05) is 0 Å². The van der Waals surface area contributed by atoms with E-state index in [4.69, 9.17) is 23.8 Å². The van der Waals surface area contributed by atoms with Gasteiger partial charge in [-0.1, -0.05) is 17.7 Å². The Hall–Kier alpha value is -3.22. The molecule has 1 aliphatic rings. The van der Waals surface area contributed by atoms with Crippen LogP contribution in [-0.4, -0.2) is 24.5 Å². The molecule has 33 heavy (non-hydrogen) atoms. The Labute approximate surface area is 204 Å². The number of nitrogens with one attached hydrogen (secondary N) is 1. The minimum Gasteiger partial charge on any atom is -0.352 e. The molecule has 0 spiro atoms. The van der Waals surface area contributed by atoms with E-state index in [0.29, 0.717) is 6.54 Å². The maximum Gasteiger partial charge on any atom is 0.170 e. The molecule has 4 aromatic rings. The number of aromatic nitrogens is 3. The van der Waals surface area contributed by atoms with Crippen molar-refractivity contribution in [3.63, 3.8) is 0 Å². The molecule has 1 aromatic carbocycles. The highest BCUT2D eigenvalue weighted by Gasteiger charge is 2.41. The van der Waals surface area contributed by atoms with Gasteiger partial charge < -0.3 is 14.8 Å². The molecular formula is C26H24ClN5S. The number of pyridine rings is 2. The van der Waals surface area contributed by atoms with Gasteiger partial charge in [-0.2, -0.15) is 0 Å². The Morgan fingerprint density at radius 2 is 1.76 bits per heavy atom. The van der Waals surface area contributed by atoms with Crippen LogP contribution in [0.3, 0.4) is 0 Å². The maximum absolute atomic E-state index is 6.14. The molecule has 0 aliphatic carbocycles. The van der Waals surface area contributed by atoms with Gasteiger partial charge in [0.05, 0.1) is 17.8 Å². The maximum atomic E-state index is 6.14.